The molecule has 33 heavy (non-hydrogen) atoms. The van der Waals surface area contributed by atoms with E-state index in [1.165, 1.54) is 30.4 Å². The number of benzene rings is 2. The van der Waals surface area contributed by atoms with Gasteiger partial charge in [-0.2, -0.15) is 0 Å². The maximum Gasteiger partial charge on any atom is 0.261 e. The molecule has 0 radical (unpaired) electrons. The standard InChI is InChI=1S/C22H19ClN4O4S2/c1-12(28)14-3-6-17(7-4-14)33(30,31)27-19-9-16(11-24-21(19)23)15-5-8-18-20(10-15)32-22(26-18)25-13(2)29/h3-12,27-28H,1-2H3,(H,25,26,29). The number of anilines is 2. The summed E-state index contributed by atoms with van der Waals surface area (Å²) in [7, 11) is -3.92. The summed E-state index contributed by atoms with van der Waals surface area (Å²) in [6.07, 6.45) is 0.851. The normalized spacial score (nSPS) is 12.5. The smallest absolute Gasteiger partial charge is 0.261 e. The zero-order valence-corrected chi connectivity index (χ0v) is 19.9. The van der Waals surface area contributed by atoms with Gasteiger partial charge in [-0.1, -0.05) is 41.1 Å². The number of fused-ring (bicyclic) bond motifs is 1. The van der Waals surface area contributed by atoms with Gasteiger partial charge in [0.1, 0.15) is 0 Å². The lowest BCUT2D eigenvalue weighted by Crippen LogP contribution is -2.13. The number of aliphatic hydroxyl groups excluding tert-OH is 1. The van der Waals surface area contributed by atoms with Gasteiger partial charge in [0, 0.05) is 18.7 Å². The zero-order chi connectivity index (χ0) is 23.8. The minimum atomic E-state index is -3.92. The number of carbonyl (C=O) groups excluding carboxylic acids is 1. The molecule has 4 rings (SSSR count). The SMILES string of the molecule is CC(=O)Nc1nc2ccc(-c3cnc(Cl)c(NS(=O)(=O)c4ccc(C(C)O)cc4)c3)cc2s1. The Hall–Kier alpha value is -3.05. The zero-order valence-electron chi connectivity index (χ0n) is 17.5. The van der Waals surface area contributed by atoms with Gasteiger partial charge in [-0.3, -0.25) is 9.52 Å². The second-order valence-electron chi connectivity index (χ2n) is 7.30. The highest BCUT2D eigenvalue weighted by Crippen LogP contribution is 2.33. The number of carbonyl (C=O) groups is 1. The van der Waals surface area contributed by atoms with Crippen LogP contribution in [0.25, 0.3) is 21.3 Å². The lowest BCUT2D eigenvalue weighted by Gasteiger charge is -2.12. The van der Waals surface area contributed by atoms with Crippen LogP contribution in [0.3, 0.4) is 0 Å². The molecular formula is C22H19ClN4O4S2. The molecule has 2 heterocycles. The van der Waals surface area contributed by atoms with Gasteiger partial charge < -0.3 is 10.4 Å². The Balaban J connectivity index is 1.64. The van der Waals surface area contributed by atoms with E-state index < -0.39 is 16.1 Å². The monoisotopic (exact) mass is 502 g/mol. The van der Waals surface area contributed by atoms with E-state index >= 15 is 0 Å². The number of halogens is 1. The van der Waals surface area contributed by atoms with E-state index in [-0.39, 0.29) is 21.6 Å². The molecule has 0 bridgehead atoms. The molecule has 11 heteroatoms. The average molecular weight is 503 g/mol. The minimum Gasteiger partial charge on any atom is -0.389 e. The molecule has 170 valence electrons. The van der Waals surface area contributed by atoms with Crippen LogP contribution < -0.4 is 10.0 Å². The molecular weight excluding hydrogens is 484 g/mol. The summed E-state index contributed by atoms with van der Waals surface area (Å²) >= 11 is 7.50. The van der Waals surface area contributed by atoms with Crippen LogP contribution in [0.1, 0.15) is 25.5 Å². The second kappa shape index (κ2) is 9.06. The van der Waals surface area contributed by atoms with Gasteiger partial charge in [-0.25, -0.2) is 18.4 Å². The molecule has 1 amide bonds. The molecule has 0 aliphatic rings. The Morgan fingerprint density at radius 1 is 1.12 bits per heavy atom. The molecule has 0 saturated heterocycles. The Morgan fingerprint density at radius 2 is 1.85 bits per heavy atom. The van der Waals surface area contributed by atoms with Crippen molar-refractivity contribution in [2.75, 3.05) is 10.0 Å². The van der Waals surface area contributed by atoms with E-state index in [0.29, 0.717) is 16.3 Å². The molecule has 4 aromatic rings. The molecule has 2 aromatic carbocycles. The van der Waals surface area contributed by atoms with Crippen molar-refractivity contribution >= 4 is 59.9 Å². The first-order valence-electron chi connectivity index (χ1n) is 9.77. The van der Waals surface area contributed by atoms with Crippen LogP contribution in [0.4, 0.5) is 10.8 Å². The number of aliphatic hydroxyl groups is 1. The number of rotatable bonds is 6. The van der Waals surface area contributed by atoms with Crippen LogP contribution >= 0.6 is 22.9 Å². The second-order valence-corrected chi connectivity index (χ2v) is 10.4. The quantitative estimate of drug-likeness (QED) is 0.325. The fourth-order valence-electron chi connectivity index (χ4n) is 3.11. The van der Waals surface area contributed by atoms with Crippen LogP contribution in [-0.4, -0.2) is 29.4 Å². The highest BCUT2D eigenvalue weighted by Gasteiger charge is 2.18. The van der Waals surface area contributed by atoms with Crippen molar-refractivity contribution < 1.29 is 18.3 Å². The number of nitrogens with zero attached hydrogens (tertiary/aromatic N) is 2. The maximum atomic E-state index is 12.8. The highest BCUT2D eigenvalue weighted by molar-refractivity contribution is 7.92. The fraction of sp³-hybridized carbons (Fsp3) is 0.136. The Morgan fingerprint density at radius 3 is 2.52 bits per heavy atom. The molecule has 0 fully saturated rings. The summed E-state index contributed by atoms with van der Waals surface area (Å²) in [4.78, 5) is 19.8. The number of thiazole rings is 1. The molecule has 0 spiro atoms. The van der Waals surface area contributed by atoms with Crippen LogP contribution in [0.2, 0.25) is 5.15 Å². The summed E-state index contributed by atoms with van der Waals surface area (Å²) in [5.74, 6) is -0.200. The maximum absolute atomic E-state index is 12.8. The van der Waals surface area contributed by atoms with Crippen molar-refractivity contribution in [3.8, 4) is 11.1 Å². The Labute approximate surface area is 199 Å². The molecule has 1 atom stereocenters. The van der Waals surface area contributed by atoms with Gasteiger partial charge in [0.15, 0.2) is 10.3 Å². The minimum absolute atomic E-state index is 0.00902. The Bertz CT molecular complexity index is 1450. The molecule has 1 unspecified atom stereocenters. The largest absolute Gasteiger partial charge is 0.389 e. The lowest BCUT2D eigenvalue weighted by molar-refractivity contribution is -0.114. The molecule has 0 aliphatic heterocycles. The van der Waals surface area contributed by atoms with Crippen LogP contribution in [0, 0.1) is 0 Å². The molecule has 0 aliphatic carbocycles. The van der Waals surface area contributed by atoms with E-state index in [0.717, 1.165) is 15.8 Å². The molecule has 2 aromatic heterocycles. The van der Waals surface area contributed by atoms with E-state index in [4.69, 9.17) is 11.6 Å². The fourth-order valence-corrected chi connectivity index (χ4v) is 5.33. The number of aromatic nitrogens is 2. The average Bonchev–Trinajstić information content (AvgIpc) is 3.16. The highest BCUT2D eigenvalue weighted by atomic mass is 35.5. The number of hydrogen-bond acceptors (Lipinski definition) is 7. The van der Waals surface area contributed by atoms with E-state index in [1.807, 2.05) is 18.2 Å². The van der Waals surface area contributed by atoms with Crippen molar-refractivity contribution in [1.29, 1.82) is 0 Å². The number of amides is 1. The number of sulfonamides is 1. The van der Waals surface area contributed by atoms with Crippen molar-refractivity contribution in [2.45, 2.75) is 24.8 Å². The van der Waals surface area contributed by atoms with Crippen molar-refractivity contribution in [2.24, 2.45) is 0 Å². The summed E-state index contributed by atoms with van der Waals surface area (Å²) in [5.41, 5.74) is 2.91. The van der Waals surface area contributed by atoms with Gasteiger partial charge in [0.2, 0.25) is 5.91 Å². The van der Waals surface area contributed by atoms with Crippen LogP contribution in [-0.2, 0) is 14.8 Å². The van der Waals surface area contributed by atoms with Crippen LogP contribution in [0.5, 0.6) is 0 Å². The van der Waals surface area contributed by atoms with Gasteiger partial charge in [0.05, 0.1) is 26.9 Å². The van der Waals surface area contributed by atoms with Gasteiger partial charge in [-0.15, -0.1) is 0 Å². The summed E-state index contributed by atoms with van der Waals surface area (Å²) in [5, 5.41) is 12.8. The summed E-state index contributed by atoms with van der Waals surface area (Å²) in [6.45, 7) is 3.02. The predicted molar refractivity (Wildman–Crippen MR) is 130 cm³/mol. The molecule has 3 N–H and O–H groups in total. The van der Waals surface area contributed by atoms with Crippen LogP contribution in [0.15, 0.2) is 59.6 Å². The summed E-state index contributed by atoms with van der Waals surface area (Å²) < 4.78 is 29.0. The van der Waals surface area contributed by atoms with Crippen molar-refractivity contribution in [1.82, 2.24) is 9.97 Å². The third-order valence-electron chi connectivity index (χ3n) is 4.76. The predicted octanol–water partition coefficient (Wildman–Crippen LogP) is 4.82. The number of pyridine rings is 1. The van der Waals surface area contributed by atoms with Crippen molar-refractivity contribution in [3.05, 3.63) is 65.4 Å². The lowest BCUT2D eigenvalue weighted by atomic mass is 10.1. The van der Waals surface area contributed by atoms with E-state index in [9.17, 15) is 18.3 Å². The van der Waals surface area contributed by atoms with Gasteiger partial charge >= 0.3 is 0 Å². The third-order valence-corrected chi connectivity index (χ3v) is 7.38. The number of nitrogens with one attached hydrogen (secondary N) is 2. The Kier molecular flexibility index (Phi) is 6.35. The molecule has 8 nitrogen and oxygen atoms in total. The molecule has 0 saturated carbocycles. The van der Waals surface area contributed by atoms with E-state index in [2.05, 4.69) is 20.0 Å². The van der Waals surface area contributed by atoms with Gasteiger partial charge in [0.25, 0.3) is 10.0 Å². The third kappa shape index (κ3) is 5.14. The summed E-state index contributed by atoms with van der Waals surface area (Å²) in [6, 6.07) is 13.1. The van der Waals surface area contributed by atoms with E-state index in [1.54, 1.807) is 31.3 Å². The first-order valence-corrected chi connectivity index (χ1v) is 12.4. The number of hydrogen-bond donors (Lipinski definition) is 3. The topological polar surface area (TPSA) is 121 Å². The first kappa shape index (κ1) is 23.1. The first-order chi connectivity index (χ1) is 15.6. The van der Waals surface area contributed by atoms with Crippen molar-refractivity contribution in [3.63, 3.8) is 0 Å². The van der Waals surface area contributed by atoms with Gasteiger partial charge in [-0.05, 0) is 48.4 Å².